The number of ketones is 1. The molecule has 2 rings (SSSR count). The minimum absolute atomic E-state index is 0.0944. The zero-order valence-corrected chi connectivity index (χ0v) is 11.7. The average molecular weight is 307 g/mol. The Morgan fingerprint density at radius 3 is 2.52 bits per heavy atom. The summed E-state index contributed by atoms with van der Waals surface area (Å²) in [6, 6.07) is 9.97. The van der Waals surface area contributed by atoms with E-state index in [1.165, 1.54) is 36.4 Å². The van der Waals surface area contributed by atoms with Gasteiger partial charge in [0.05, 0.1) is 17.8 Å². The van der Waals surface area contributed by atoms with Crippen LogP contribution in [0.5, 0.6) is 0 Å². The molecule has 0 heterocycles. The molecule has 0 unspecified atom stereocenters. The highest BCUT2D eigenvalue weighted by atomic mass is 35.5. The maximum absolute atomic E-state index is 13.7. The Bertz CT molecular complexity index is 704. The van der Waals surface area contributed by atoms with E-state index in [2.05, 4.69) is 5.32 Å². The summed E-state index contributed by atoms with van der Waals surface area (Å²) in [5, 5.41) is 2.80. The zero-order valence-electron chi connectivity index (χ0n) is 10.9. The largest absolute Gasteiger partial charge is 0.324 e. The lowest BCUT2D eigenvalue weighted by atomic mass is 10.0. The molecule has 0 saturated heterocycles. The van der Waals surface area contributed by atoms with Gasteiger partial charge in [0.2, 0.25) is 5.91 Å². The maximum Gasteiger partial charge on any atom is 0.238 e. The lowest BCUT2D eigenvalue weighted by molar-refractivity contribution is -0.114. The molecule has 0 fully saturated rings. The minimum Gasteiger partial charge on any atom is -0.324 e. The van der Waals surface area contributed by atoms with Gasteiger partial charge in [0.15, 0.2) is 5.78 Å². The van der Waals surface area contributed by atoms with Gasteiger partial charge < -0.3 is 11.1 Å². The van der Waals surface area contributed by atoms with Crippen molar-refractivity contribution < 1.29 is 14.0 Å². The van der Waals surface area contributed by atoms with Gasteiger partial charge in [-0.3, -0.25) is 9.59 Å². The first-order valence-electron chi connectivity index (χ1n) is 6.11. The fourth-order valence-corrected chi connectivity index (χ4v) is 1.98. The van der Waals surface area contributed by atoms with Crippen molar-refractivity contribution >= 4 is 29.0 Å². The summed E-state index contributed by atoms with van der Waals surface area (Å²) < 4.78 is 13.7. The highest BCUT2D eigenvalue weighted by Gasteiger charge is 2.18. The van der Waals surface area contributed by atoms with Gasteiger partial charge in [-0.1, -0.05) is 23.7 Å². The normalized spacial score (nSPS) is 10.2. The second-order valence-corrected chi connectivity index (χ2v) is 4.69. The number of nitrogens with one attached hydrogen (secondary N) is 1. The van der Waals surface area contributed by atoms with Crippen LogP contribution in [-0.4, -0.2) is 18.2 Å². The van der Waals surface area contributed by atoms with E-state index in [1.807, 2.05) is 0 Å². The lowest BCUT2D eigenvalue weighted by Crippen LogP contribution is -2.23. The van der Waals surface area contributed by atoms with Crippen molar-refractivity contribution in [2.45, 2.75) is 0 Å². The number of hydrogen-bond donors (Lipinski definition) is 2. The Balaban J connectivity index is 2.47. The first-order chi connectivity index (χ1) is 10.0. The van der Waals surface area contributed by atoms with Gasteiger partial charge in [0.1, 0.15) is 5.82 Å². The third kappa shape index (κ3) is 3.45. The van der Waals surface area contributed by atoms with Crippen molar-refractivity contribution in [3.63, 3.8) is 0 Å². The van der Waals surface area contributed by atoms with Crippen molar-refractivity contribution in [3.8, 4) is 0 Å². The smallest absolute Gasteiger partial charge is 0.238 e. The van der Waals surface area contributed by atoms with E-state index in [0.29, 0.717) is 5.02 Å². The topological polar surface area (TPSA) is 72.2 Å². The van der Waals surface area contributed by atoms with Gasteiger partial charge in [-0.15, -0.1) is 0 Å². The molecule has 0 saturated carbocycles. The number of nitrogens with two attached hydrogens (primary N) is 1. The van der Waals surface area contributed by atoms with E-state index in [9.17, 15) is 14.0 Å². The fourth-order valence-electron chi connectivity index (χ4n) is 1.81. The summed E-state index contributed by atoms with van der Waals surface area (Å²) >= 11 is 5.88. The van der Waals surface area contributed by atoms with Gasteiger partial charge in [-0.2, -0.15) is 0 Å². The van der Waals surface area contributed by atoms with Crippen molar-refractivity contribution in [1.29, 1.82) is 0 Å². The van der Waals surface area contributed by atoms with Gasteiger partial charge in [-0.25, -0.2) is 4.39 Å². The monoisotopic (exact) mass is 306 g/mol. The SMILES string of the molecule is NCC(=O)Nc1ccc(Cl)cc1C(=O)c1ccccc1F. The summed E-state index contributed by atoms with van der Waals surface area (Å²) in [7, 11) is 0. The van der Waals surface area contributed by atoms with Crippen LogP contribution in [0.25, 0.3) is 0 Å². The van der Waals surface area contributed by atoms with Crippen molar-refractivity contribution in [1.82, 2.24) is 0 Å². The van der Waals surface area contributed by atoms with Crippen LogP contribution in [0.15, 0.2) is 42.5 Å². The fraction of sp³-hybridized carbons (Fsp3) is 0.0667. The molecule has 108 valence electrons. The molecule has 3 N–H and O–H groups in total. The number of halogens is 2. The first-order valence-corrected chi connectivity index (χ1v) is 6.49. The zero-order chi connectivity index (χ0) is 15.4. The molecule has 0 aliphatic rings. The highest BCUT2D eigenvalue weighted by molar-refractivity contribution is 6.31. The van der Waals surface area contributed by atoms with Crippen LogP contribution >= 0.6 is 11.6 Å². The molecule has 4 nitrogen and oxygen atoms in total. The standard InChI is InChI=1S/C15H12ClFN2O2/c16-9-5-6-13(19-14(20)8-18)11(7-9)15(21)10-3-1-2-4-12(10)17/h1-7H,8,18H2,(H,19,20). The second-order valence-electron chi connectivity index (χ2n) is 4.25. The Morgan fingerprint density at radius 2 is 1.86 bits per heavy atom. The predicted octanol–water partition coefficient (Wildman–Crippen LogP) is 2.61. The Morgan fingerprint density at radius 1 is 1.14 bits per heavy atom. The molecule has 21 heavy (non-hydrogen) atoms. The number of benzene rings is 2. The van der Waals surface area contributed by atoms with E-state index >= 15 is 0 Å². The number of carbonyl (C=O) groups is 2. The molecule has 0 aromatic heterocycles. The Labute approximate surface area is 125 Å². The molecule has 0 bridgehead atoms. The first kappa shape index (κ1) is 15.2. The molecule has 0 aliphatic heterocycles. The summed E-state index contributed by atoms with van der Waals surface area (Å²) in [6.07, 6.45) is 0. The molecule has 2 aromatic carbocycles. The van der Waals surface area contributed by atoms with Crippen LogP contribution in [0, 0.1) is 5.82 Å². The Hall–Kier alpha value is -2.24. The van der Waals surface area contributed by atoms with Gasteiger partial charge in [0.25, 0.3) is 0 Å². The Kier molecular flexibility index (Phi) is 4.67. The molecule has 2 aromatic rings. The third-order valence-corrected chi connectivity index (χ3v) is 3.04. The molecule has 0 aliphatic carbocycles. The second kappa shape index (κ2) is 6.47. The molecule has 0 spiro atoms. The molecule has 0 radical (unpaired) electrons. The van der Waals surface area contributed by atoms with Crippen LogP contribution in [0.1, 0.15) is 15.9 Å². The molecular weight excluding hydrogens is 295 g/mol. The molecule has 1 amide bonds. The van der Waals surface area contributed by atoms with E-state index in [-0.39, 0.29) is 23.4 Å². The summed E-state index contributed by atoms with van der Waals surface area (Å²) in [5.74, 6) is -1.67. The predicted molar refractivity (Wildman–Crippen MR) is 79.0 cm³/mol. The van der Waals surface area contributed by atoms with Gasteiger partial charge in [0, 0.05) is 10.6 Å². The summed E-state index contributed by atoms with van der Waals surface area (Å²) in [5.41, 5.74) is 5.48. The van der Waals surface area contributed by atoms with Crippen LogP contribution in [-0.2, 0) is 4.79 Å². The molecule has 0 atom stereocenters. The quantitative estimate of drug-likeness (QED) is 0.853. The van der Waals surface area contributed by atoms with E-state index in [4.69, 9.17) is 17.3 Å². The third-order valence-electron chi connectivity index (χ3n) is 2.80. The number of carbonyl (C=O) groups excluding carboxylic acids is 2. The van der Waals surface area contributed by atoms with E-state index in [0.717, 1.165) is 0 Å². The van der Waals surface area contributed by atoms with Crippen LogP contribution in [0.3, 0.4) is 0 Å². The summed E-state index contributed by atoms with van der Waals surface area (Å²) in [6.45, 7) is -0.226. The van der Waals surface area contributed by atoms with E-state index in [1.54, 1.807) is 6.07 Å². The van der Waals surface area contributed by atoms with E-state index < -0.39 is 17.5 Å². The van der Waals surface area contributed by atoms with Gasteiger partial charge in [-0.05, 0) is 30.3 Å². The van der Waals surface area contributed by atoms with Crippen molar-refractivity contribution in [3.05, 3.63) is 64.4 Å². The van der Waals surface area contributed by atoms with Gasteiger partial charge >= 0.3 is 0 Å². The van der Waals surface area contributed by atoms with Crippen LogP contribution < -0.4 is 11.1 Å². The lowest BCUT2D eigenvalue weighted by Gasteiger charge is -2.11. The maximum atomic E-state index is 13.7. The van der Waals surface area contributed by atoms with Crippen LogP contribution in [0.2, 0.25) is 5.02 Å². The van der Waals surface area contributed by atoms with Crippen molar-refractivity contribution in [2.75, 3.05) is 11.9 Å². The van der Waals surface area contributed by atoms with Crippen molar-refractivity contribution in [2.24, 2.45) is 5.73 Å². The number of hydrogen-bond acceptors (Lipinski definition) is 3. The number of rotatable bonds is 4. The highest BCUT2D eigenvalue weighted by Crippen LogP contribution is 2.24. The molecule has 6 heteroatoms. The minimum atomic E-state index is -0.640. The summed E-state index contributed by atoms with van der Waals surface area (Å²) in [4.78, 5) is 23.8. The average Bonchev–Trinajstić information content (AvgIpc) is 2.48. The molecular formula is C15H12ClFN2O2. The number of anilines is 1. The number of amides is 1. The van der Waals surface area contributed by atoms with Crippen LogP contribution in [0.4, 0.5) is 10.1 Å².